The van der Waals surface area contributed by atoms with Crippen molar-refractivity contribution in [3.63, 3.8) is 0 Å². The Morgan fingerprint density at radius 3 is 2.21 bits per heavy atom. The topological polar surface area (TPSA) is 59.1 Å². The van der Waals surface area contributed by atoms with Gasteiger partial charge in [-0.25, -0.2) is 0 Å². The summed E-state index contributed by atoms with van der Waals surface area (Å²) < 4.78 is 46.5. The van der Waals surface area contributed by atoms with Crippen molar-refractivity contribution in [2.24, 2.45) is 5.41 Å². The van der Waals surface area contributed by atoms with E-state index in [9.17, 15) is 22.8 Å². The molecule has 0 N–H and O–H groups in total. The molecule has 2 aromatic rings. The highest BCUT2D eigenvalue weighted by atomic mass is 19.4. The van der Waals surface area contributed by atoms with Crippen molar-refractivity contribution >= 4 is 17.5 Å². The van der Waals surface area contributed by atoms with E-state index in [1.54, 1.807) is 9.80 Å². The Labute approximate surface area is 189 Å². The van der Waals surface area contributed by atoms with E-state index in [2.05, 4.69) is 4.74 Å². The summed E-state index contributed by atoms with van der Waals surface area (Å²) in [5, 5.41) is 0. The van der Waals surface area contributed by atoms with E-state index in [4.69, 9.17) is 4.74 Å². The normalized spacial score (nSPS) is 18.1. The van der Waals surface area contributed by atoms with Crippen molar-refractivity contribution < 1.29 is 32.2 Å². The molecular formula is C24H25F3N2O4. The van der Waals surface area contributed by atoms with Crippen LogP contribution in [0.1, 0.15) is 24.8 Å². The van der Waals surface area contributed by atoms with Gasteiger partial charge in [0.15, 0.2) is 0 Å². The zero-order valence-corrected chi connectivity index (χ0v) is 18.0. The van der Waals surface area contributed by atoms with Crippen LogP contribution in [0.5, 0.6) is 5.75 Å². The number of piperidine rings is 1. The fourth-order valence-corrected chi connectivity index (χ4v) is 4.46. The Bertz CT molecular complexity index is 971. The van der Waals surface area contributed by atoms with E-state index < -0.39 is 11.8 Å². The predicted molar refractivity (Wildman–Crippen MR) is 114 cm³/mol. The van der Waals surface area contributed by atoms with Gasteiger partial charge in [0.2, 0.25) is 11.8 Å². The zero-order valence-electron chi connectivity index (χ0n) is 18.0. The molecule has 2 fully saturated rings. The monoisotopic (exact) mass is 462 g/mol. The van der Waals surface area contributed by atoms with Gasteiger partial charge in [-0.2, -0.15) is 0 Å². The first-order valence-electron chi connectivity index (χ1n) is 10.8. The SMILES string of the molecule is O=C(COCc1ccccc1)N1CCC2(CC1)CCN(c1ccc(OC(F)(F)F)cc1)C2=O. The molecule has 2 aromatic carbocycles. The molecule has 33 heavy (non-hydrogen) atoms. The number of nitrogens with zero attached hydrogens (tertiary/aromatic N) is 2. The molecule has 2 saturated heterocycles. The van der Waals surface area contributed by atoms with E-state index >= 15 is 0 Å². The third kappa shape index (κ3) is 5.47. The number of amides is 2. The highest BCUT2D eigenvalue weighted by Crippen LogP contribution is 2.43. The average molecular weight is 462 g/mol. The Morgan fingerprint density at radius 2 is 1.58 bits per heavy atom. The number of hydrogen-bond donors (Lipinski definition) is 0. The minimum atomic E-state index is -4.76. The number of anilines is 1. The number of halogens is 3. The van der Waals surface area contributed by atoms with Crippen molar-refractivity contribution in [3.8, 4) is 5.75 Å². The third-order valence-electron chi connectivity index (χ3n) is 6.31. The predicted octanol–water partition coefficient (Wildman–Crippen LogP) is 4.15. The molecule has 2 aliphatic heterocycles. The maximum Gasteiger partial charge on any atom is 0.573 e. The molecule has 0 saturated carbocycles. The second-order valence-corrected chi connectivity index (χ2v) is 8.39. The van der Waals surface area contributed by atoms with Gasteiger partial charge in [-0.3, -0.25) is 9.59 Å². The van der Waals surface area contributed by atoms with E-state index in [0.717, 1.165) is 5.56 Å². The van der Waals surface area contributed by atoms with Crippen LogP contribution in [-0.4, -0.2) is 49.3 Å². The maximum atomic E-state index is 13.2. The zero-order chi connectivity index (χ0) is 23.5. The number of rotatable bonds is 6. The quantitative estimate of drug-likeness (QED) is 0.647. The Hall–Kier alpha value is -3.07. The summed E-state index contributed by atoms with van der Waals surface area (Å²) in [5.41, 5.74) is 1.000. The van der Waals surface area contributed by atoms with Crippen molar-refractivity contribution in [2.45, 2.75) is 32.2 Å². The van der Waals surface area contributed by atoms with Gasteiger partial charge in [0.05, 0.1) is 12.0 Å². The molecule has 0 aliphatic carbocycles. The molecule has 2 amide bonds. The van der Waals surface area contributed by atoms with Gasteiger partial charge in [-0.1, -0.05) is 30.3 Å². The lowest BCUT2D eigenvalue weighted by molar-refractivity contribution is -0.274. The second kappa shape index (κ2) is 9.43. The molecule has 0 bridgehead atoms. The van der Waals surface area contributed by atoms with Crippen LogP contribution in [0.15, 0.2) is 54.6 Å². The van der Waals surface area contributed by atoms with Gasteiger partial charge < -0.3 is 19.3 Å². The Morgan fingerprint density at radius 1 is 0.939 bits per heavy atom. The maximum absolute atomic E-state index is 13.2. The molecule has 9 heteroatoms. The summed E-state index contributed by atoms with van der Waals surface area (Å²) in [4.78, 5) is 29.0. The van der Waals surface area contributed by atoms with Crippen LogP contribution in [0.3, 0.4) is 0 Å². The van der Waals surface area contributed by atoms with E-state index in [-0.39, 0.29) is 24.2 Å². The molecule has 4 rings (SSSR count). The first kappa shape index (κ1) is 23.1. The molecule has 2 aliphatic rings. The van der Waals surface area contributed by atoms with Crippen LogP contribution in [-0.2, 0) is 20.9 Å². The fourth-order valence-electron chi connectivity index (χ4n) is 4.46. The summed E-state index contributed by atoms with van der Waals surface area (Å²) in [5.74, 6) is -0.461. The molecule has 0 atom stereocenters. The van der Waals surface area contributed by atoms with Gasteiger partial charge in [0.1, 0.15) is 12.4 Å². The Kier molecular flexibility index (Phi) is 6.60. The lowest BCUT2D eigenvalue weighted by atomic mass is 9.77. The van der Waals surface area contributed by atoms with Gasteiger partial charge in [-0.05, 0) is 49.1 Å². The summed E-state index contributed by atoms with van der Waals surface area (Å²) in [7, 11) is 0. The van der Waals surface area contributed by atoms with Crippen LogP contribution in [0, 0.1) is 5.41 Å². The molecule has 0 radical (unpaired) electrons. The average Bonchev–Trinajstić information content (AvgIpc) is 3.10. The number of likely N-dealkylation sites (tertiary alicyclic amines) is 1. The lowest BCUT2D eigenvalue weighted by Gasteiger charge is -2.38. The first-order chi connectivity index (χ1) is 15.8. The fraction of sp³-hybridized carbons (Fsp3) is 0.417. The molecule has 2 heterocycles. The number of benzene rings is 2. The number of alkyl halides is 3. The summed E-state index contributed by atoms with van der Waals surface area (Å²) in [6, 6.07) is 14.9. The lowest BCUT2D eigenvalue weighted by Crippen LogP contribution is -2.47. The molecule has 0 aromatic heterocycles. The molecule has 176 valence electrons. The highest BCUT2D eigenvalue weighted by Gasteiger charge is 2.49. The Balaban J connectivity index is 1.28. The summed E-state index contributed by atoms with van der Waals surface area (Å²) in [6.45, 7) is 1.81. The molecule has 0 unspecified atom stereocenters. The van der Waals surface area contributed by atoms with Gasteiger partial charge in [-0.15, -0.1) is 13.2 Å². The minimum absolute atomic E-state index is 0.00564. The number of carbonyl (C=O) groups excluding carboxylic acids is 2. The van der Waals surface area contributed by atoms with E-state index in [1.807, 2.05) is 30.3 Å². The largest absolute Gasteiger partial charge is 0.573 e. The van der Waals surface area contributed by atoms with Gasteiger partial charge >= 0.3 is 6.36 Å². The van der Waals surface area contributed by atoms with Crippen LogP contribution in [0.25, 0.3) is 0 Å². The van der Waals surface area contributed by atoms with Crippen LogP contribution >= 0.6 is 0 Å². The van der Waals surface area contributed by atoms with Gasteiger partial charge in [0.25, 0.3) is 0 Å². The van der Waals surface area contributed by atoms with E-state index in [0.29, 0.717) is 51.2 Å². The third-order valence-corrected chi connectivity index (χ3v) is 6.31. The molecule has 1 spiro atoms. The highest BCUT2D eigenvalue weighted by molar-refractivity contribution is 6.00. The van der Waals surface area contributed by atoms with Crippen molar-refractivity contribution in [1.82, 2.24) is 4.90 Å². The molecule has 6 nitrogen and oxygen atoms in total. The van der Waals surface area contributed by atoms with Crippen LogP contribution in [0.4, 0.5) is 18.9 Å². The van der Waals surface area contributed by atoms with Crippen LogP contribution in [0.2, 0.25) is 0 Å². The minimum Gasteiger partial charge on any atom is -0.406 e. The van der Waals surface area contributed by atoms with Crippen LogP contribution < -0.4 is 9.64 Å². The standard InChI is InChI=1S/C24H25F3N2O4/c25-24(26,27)33-20-8-6-19(7-9-20)29-15-12-23(22(29)31)10-13-28(14-11-23)21(30)17-32-16-18-4-2-1-3-5-18/h1-9H,10-17H2. The van der Waals surface area contributed by atoms with Crippen molar-refractivity contribution in [2.75, 3.05) is 31.1 Å². The molecular weight excluding hydrogens is 437 g/mol. The van der Waals surface area contributed by atoms with Crippen molar-refractivity contribution in [1.29, 1.82) is 0 Å². The summed E-state index contributed by atoms with van der Waals surface area (Å²) in [6.07, 6.45) is -2.99. The smallest absolute Gasteiger partial charge is 0.406 e. The van der Waals surface area contributed by atoms with Gasteiger partial charge in [0, 0.05) is 25.3 Å². The first-order valence-corrected chi connectivity index (χ1v) is 10.8. The number of ether oxygens (including phenoxy) is 2. The van der Waals surface area contributed by atoms with Crippen molar-refractivity contribution in [3.05, 3.63) is 60.2 Å². The summed E-state index contributed by atoms with van der Waals surface area (Å²) >= 11 is 0. The van der Waals surface area contributed by atoms with E-state index in [1.165, 1.54) is 24.3 Å². The number of carbonyl (C=O) groups is 2. The number of hydrogen-bond acceptors (Lipinski definition) is 4. The second-order valence-electron chi connectivity index (χ2n) is 8.39.